The lowest BCUT2D eigenvalue weighted by Gasteiger charge is -2.05. The van der Waals surface area contributed by atoms with Crippen LogP contribution in [0, 0.1) is 20.8 Å². The maximum absolute atomic E-state index is 5.26. The Morgan fingerprint density at radius 2 is 1.30 bits per heavy atom. The number of fused-ring (bicyclic) bond motifs is 6. The maximum atomic E-state index is 5.26. The Labute approximate surface area is 175 Å². The average molecular weight is 386 g/mol. The number of aliphatic imine (C=N–C) groups is 1. The highest BCUT2D eigenvalue weighted by molar-refractivity contribution is 6.26. The van der Waals surface area contributed by atoms with E-state index in [0.717, 1.165) is 22.4 Å². The monoisotopic (exact) mass is 386 g/mol. The highest BCUT2D eigenvalue weighted by Gasteiger charge is 2.25. The summed E-state index contributed by atoms with van der Waals surface area (Å²) in [5.41, 5.74) is 13.0. The lowest BCUT2D eigenvalue weighted by Crippen LogP contribution is -1.97. The first-order chi connectivity index (χ1) is 14.6. The normalized spacial score (nSPS) is 13.9. The minimum Gasteiger partial charge on any atom is -0.353 e. The van der Waals surface area contributed by atoms with Crippen molar-refractivity contribution in [3.63, 3.8) is 0 Å². The number of H-pyrrole nitrogens is 1. The van der Waals surface area contributed by atoms with Gasteiger partial charge in [-0.05, 0) is 61.7 Å². The second-order valence-electron chi connectivity index (χ2n) is 8.44. The van der Waals surface area contributed by atoms with Crippen molar-refractivity contribution in [1.29, 1.82) is 0 Å². The number of nitrogens with zero attached hydrogens (tertiary/aromatic N) is 1. The number of aromatic amines is 1. The van der Waals surface area contributed by atoms with E-state index in [-0.39, 0.29) is 0 Å². The van der Waals surface area contributed by atoms with Gasteiger partial charge in [-0.1, -0.05) is 59.7 Å². The Kier molecular flexibility index (Phi) is 3.54. The van der Waals surface area contributed by atoms with Gasteiger partial charge in [0.25, 0.3) is 0 Å². The zero-order valence-corrected chi connectivity index (χ0v) is 17.4. The number of hydrogen-bond acceptors (Lipinski definition) is 1. The molecule has 5 aromatic rings. The van der Waals surface area contributed by atoms with Gasteiger partial charge in [0.15, 0.2) is 0 Å². The SMILES string of the molecule is Cc1ccc2c(c1)-c1ccccc1C2=Nc1cc(C)cc2c1[nH]c1ccc(C)cc12. The van der Waals surface area contributed by atoms with Crippen molar-refractivity contribution in [2.75, 3.05) is 0 Å². The summed E-state index contributed by atoms with van der Waals surface area (Å²) in [5, 5.41) is 2.50. The van der Waals surface area contributed by atoms with Crippen molar-refractivity contribution in [2.24, 2.45) is 4.99 Å². The number of aryl methyl sites for hydroxylation is 3. The molecule has 1 aromatic heterocycles. The van der Waals surface area contributed by atoms with Gasteiger partial charge in [0.05, 0.1) is 16.9 Å². The number of aromatic nitrogens is 1. The molecule has 0 fully saturated rings. The van der Waals surface area contributed by atoms with Crippen LogP contribution in [0.4, 0.5) is 5.69 Å². The van der Waals surface area contributed by atoms with Gasteiger partial charge in [0, 0.05) is 27.4 Å². The average Bonchev–Trinajstić information content (AvgIpc) is 3.24. The molecule has 6 rings (SSSR count). The molecule has 2 heteroatoms. The van der Waals surface area contributed by atoms with E-state index in [1.165, 1.54) is 49.7 Å². The predicted octanol–water partition coefficient (Wildman–Crippen LogP) is 7.40. The maximum Gasteiger partial charge on any atom is 0.0881 e. The standard InChI is InChI=1S/C28H22N2/c1-16-8-10-21-22(12-16)19-6-4-5-7-20(19)27(21)30-26-15-18(3)14-24-23-13-17(2)9-11-25(23)29-28(24)26/h4-15,29H,1-3H3. The predicted molar refractivity (Wildman–Crippen MR) is 127 cm³/mol. The highest BCUT2D eigenvalue weighted by Crippen LogP contribution is 2.40. The smallest absolute Gasteiger partial charge is 0.0881 e. The molecule has 0 atom stereocenters. The Morgan fingerprint density at radius 3 is 2.17 bits per heavy atom. The van der Waals surface area contributed by atoms with Crippen LogP contribution in [0.25, 0.3) is 32.9 Å². The summed E-state index contributed by atoms with van der Waals surface area (Å²) in [6.45, 7) is 6.44. The van der Waals surface area contributed by atoms with Crippen LogP contribution in [0.3, 0.4) is 0 Å². The van der Waals surface area contributed by atoms with E-state index in [2.05, 4.69) is 98.6 Å². The van der Waals surface area contributed by atoms with Crippen molar-refractivity contribution in [3.8, 4) is 11.1 Å². The van der Waals surface area contributed by atoms with E-state index >= 15 is 0 Å². The fraction of sp³-hybridized carbons (Fsp3) is 0.107. The molecule has 0 aliphatic heterocycles. The van der Waals surface area contributed by atoms with E-state index in [4.69, 9.17) is 4.99 Å². The first-order valence-electron chi connectivity index (χ1n) is 10.4. The summed E-state index contributed by atoms with van der Waals surface area (Å²) in [4.78, 5) is 8.89. The first-order valence-corrected chi connectivity index (χ1v) is 10.4. The lowest BCUT2D eigenvalue weighted by atomic mass is 10.0. The van der Waals surface area contributed by atoms with Crippen molar-refractivity contribution in [3.05, 3.63) is 101 Å². The Bertz CT molecular complexity index is 1520. The second-order valence-corrected chi connectivity index (χ2v) is 8.44. The third-order valence-electron chi connectivity index (χ3n) is 6.12. The summed E-state index contributed by atoms with van der Waals surface area (Å²) in [6.07, 6.45) is 0. The lowest BCUT2D eigenvalue weighted by molar-refractivity contribution is 1.43. The molecule has 0 amide bonds. The van der Waals surface area contributed by atoms with Gasteiger partial charge in [0.1, 0.15) is 0 Å². The van der Waals surface area contributed by atoms with Crippen LogP contribution >= 0.6 is 0 Å². The third-order valence-corrected chi connectivity index (χ3v) is 6.12. The van der Waals surface area contributed by atoms with Crippen LogP contribution < -0.4 is 0 Å². The van der Waals surface area contributed by atoms with Gasteiger partial charge in [-0.3, -0.25) is 0 Å². The molecule has 0 radical (unpaired) electrons. The number of benzene rings is 4. The minimum absolute atomic E-state index is 0.997. The quantitative estimate of drug-likeness (QED) is 0.305. The van der Waals surface area contributed by atoms with Gasteiger partial charge >= 0.3 is 0 Å². The van der Waals surface area contributed by atoms with Crippen molar-refractivity contribution in [1.82, 2.24) is 4.98 Å². The van der Waals surface area contributed by atoms with E-state index in [1.54, 1.807) is 0 Å². The Balaban J connectivity index is 1.67. The van der Waals surface area contributed by atoms with E-state index in [1.807, 2.05) is 0 Å². The van der Waals surface area contributed by atoms with E-state index in [0.29, 0.717) is 0 Å². The molecule has 1 heterocycles. The van der Waals surface area contributed by atoms with E-state index in [9.17, 15) is 0 Å². The zero-order valence-electron chi connectivity index (χ0n) is 17.4. The van der Waals surface area contributed by atoms with Gasteiger partial charge in [0.2, 0.25) is 0 Å². The van der Waals surface area contributed by atoms with Gasteiger partial charge in [-0.25, -0.2) is 4.99 Å². The molecule has 0 unspecified atom stereocenters. The van der Waals surface area contributed by atoms with Crippen LogP contribution in [-0.2, 0) is 0 Å². The van der Waals surface area contributed by atoms with Crippen LogP contribution in [0.5, 0.6) is 0 Å². The molecule has 0 bridgehead atoms. The molecular weight excluding hydrogens is 364 g/mol. The number of hydrogen-bond donors (Lipinski definition) is 1. The molecule has 1 aliphatic rings. The molecular formula is C28H22N2. The van der Waals surface area contributed by atoms with Gasteiger partial charge in [-0.15, -0.1) is 0 Å². The molecule has 0 saturated carbocycles. The van der Waals surface area contributed by atoms with E-state index < -0.39 is 0 Å². The van der Waals surface area contributed by atoms with Gasteiger partial charge < -0.3 is 4.98 Å². The summed E-state index contributed by atoms with van der Waals surface area (Å²) < 4.78 is 0. The highest BCUT2D eigenvalue weighted by atomic mass is 14.8. The van der Waals surface area contributed by atoms with Crippen LogP contribution in [0.1, 0.15) is 27.8 Å². The molecule has 4 aromatic carbocycles. The Hall–Kier alpha value is -3.65. The molecule has 0 spiro atoms. The number of rotatable bonds is 1. The summed E-state index contributed by atoms with van der Waals surface area (Å²) in [6, 6.07) is 26.3. The molecule has 2 nitrogen and oxygen atoms in total. The number of nitrogens with one attached hydrogen (secondary N) is 1. The van der Waals surface area contributed by atoms with Crippen LogP contribution in [-0.4, -0.2) is 10.7 Å². The van der Waals surface area contributed by atoms with Crippen LogP contribution in [0.2, 0.25) is 0 Å². The molecule has 1 N–H and O–H groups in total. The second kappa shape index (κ2) is 6.17. The molecule has 1 aliphatic carbocycles. The minimum atomic E-state index is 0.997. The third kappa shape index (κ3) is 2.47. The summed E-state index contributed by atoms with van der Waals surface area (Å²) in [5.74, 6) is 0. The van der Waals surface area contributed by atoms with Crippen molar-refractivity contribution < 1.29 is 0 Å². The van der Waals surface area contributed by atoms with Crippen LogP contribution in [0.15, 0.2) is 77.8 Å². The largest absolute Gasteiger partial charge is 0.353 e. The zero-order chi connectivity index (χ0) is 20.4. The summed E-state index contributed by atoms with van der Waals surface area (Å²) in [7, 11) is 0. The fourth-order valence-electron chi connectivity index (χ4n) is 4.72. The van der Waals surface area contributed by atoms with Crippen molar-refractivity contribution in [2.45, 2.75) is 20.8 Å². The van der Waals surface area contributed by atoms with Crippen molar-refractivity contribution >= 4 is 33.2 Å². The molecule has 30 heavy (non-hydrogen) atoms. The molecule has 0 saturated heterocycles. The van der Waals surface area contributed by atoms with Gasteiger partial charge in [-0.2, -0.15) is 0 Å². The first kappa shape index (κ1) is 17.2. The molecule has 144 valence electrons. The summed E-state index contributed by atoms with van der Waals surface area (Å²) >= 11 is 0. The fourth-order valence-corrected chi connectivity index (χ4v) is 4.72. The topological polar surface area (TPSA) is 28.1 Å². The Morgan fingerprint density at radius 1 is 0.600 bits per heavy atom.